The topological polar surface area (TPSA) is 76.6 Å². The maximum atomic E-state index is 13.9. The number of anilines is 1. The van der Waals surface area contributed by atoms with Gasteiger partial charge in [-0.05, 0) is 55.3 Å². The molecule has 1 amide bonds. The van der Waals surface area contributed by atoms with E-state index in [1.54, 1.807) is 16.7 Å². The van der Waals surface area contributed by atoms with Gasteiger partial charge in [-0.2, -0.15) is 0 Å². The number of furan rings is 1. The van der Waals surface area contributed by atoms with Crippen LogP contribution in [0, 0.1) is 6.92 Å². The molecule has 0 spiro atoms. The Balaban J connectivity index is 1.44. The summed E-state index contributed by atoms with van der Waals surface area (Å²) in [6.07, 6.45) is 1.71. The van der Waals surface area contributed by atoms with Crippen molar-refractivity contribution in [2.45, 2.75) is 19.9 Å². The molecule has 0 saturated heterocycles. The van der Waals surface area contributed by atoms with Crippen LogP contribution in [0.5, 0.6) is 0 Å². The lowest BCUT2D eigenvalue weighted by atomic mass is 9.95. The van der Waals surface area contributed by atoms with Crippen molar-refractivity contribution in [1.82, 2.24) is 4.57 Å². The molecule has 6 nitrogen and oxygen atoms in total. The first-order valence-corrected chi connectivity index (χ1v) is 13.9. The first-order valence-electron chi connectivity index (χ1n) is 12.7. The van der Waals surface area contributed by atoms with Gasteiger partial charge in [0.1, 0.15) is 11.5 Å². The van der Waals surface area contributed by atoms with Gasteiger partial charge >= 0.3 is 0 Å². The van der Waals surface area contributed by atoms with Crippen molar-refractivity contribution < 1.29 is 9.21 Å². The molecule has 3 heterocycles. The van der Waals surface area contributed by atoms with Gasteiger partial charge in [0, 0.05) is 22.3 Å². The summed E-state index contributed by atoms with van der Waals surface area (Å²) < 4.78 is 8.09. The van der Waals surface area contributed by atoms with E-state index in [-0.39, 0.29) is 11.5 Å². The number of halogens is 1. The van der Waals surface area contributed by atoms with E-state index in [1.807, 2.05) is 98.8 Å². The Hall–Kier alpha value is -4.46. The van der Waals surface area contributed by atoms with Crippen molar-refractivity contribution >= 4 is 40.6 Å². The summed E-state index contributed by atoms with van der Waals surface area (Å²) in [4.78, 5) is 32.8. The van der Waals surface area contributed by atoms with Crippen molar-refractivity contribution in [2.75, 3.05) is 5.32 Å². The van der Waals surface area contributed by atoms with Crippen LogP contribution in [0.15, 0.2) is 116 Å². The van der Waals surface area contributed by atoms with Gasteiger partial charge in [0.05, 0.1) is 21.8 Å². The summed E-state index contributed by atoms with van der Waals surface area (Å²) in [5, 5.41) is 3.64. The minimum Gasteiger partial charge on any atom is -0.457 e. The molecule has 3 aromatic carbocycles. The Labute approximate surface area is 239 Å². The molecule has 0 saturated carbocycles. The third kappa shape index (κ3) is 4.85. The molecule has 8 heteroatoms. The van der Waals surface area contributed by atoms with Crippen molar-refractivity contribution in [1.29, 1.82) is 0 Å². The lowest BCUT2D eigenvalue weighted by Gasteiger charge is -2.25. The van der Waals surface area contributed by atoms with E-state index in [4.69, 9.17) is 21.0 Å². The van der Waals surface area contributed by atoms with E-state index in [0.717, 1.165) is 16.7 Å². The van der Waals surface area contributed by atoms with Crippen LogP contribution in [0.3, 0.4) is 0 Å². The summed E-state index contributed by atoms with van der Waals surface area (Å²) in [6, 6.07) is 27.6. The molecule has 1 aliphatic heterocycles. The van der Waals surface area contributed by atoms with Gasteiger partial charge in [0.2, 0.25) is 0 Å². The number of hydrogen-bond donors (Lipinski definition) is 1. The van der Waals surface area contributed by atoms with Gasteiger partial charge in [0.25, 0.3) is 11.5 Å². The fourth-order valence-electron chi connectivity index (χ4n) is 4.82. The van der Waals surface area contributed by atoms with Crippen molar-refractivity contribution in [3.8, 4) is 11.3 Å². The van der Waals surface area contributed by atoms with Crippen molar-refractivity contribution in [3.63, 3.8) is 0 Å². The van der Waals surface area contributed by atoms with Crippen LogP contribution in [0.25, 0.3) is 17.4 Å². The molecule has 0 unspecified atom stereocenters. The molecule has 0 bridgehead atoms. The van der Waals surface area contributed by atoms with E-state index in [0.29, 0.717) is 42.8 Å². The number of hydrogen-bond acceptors (Lipinski definition) is 5. The fourth-order valence-corrected chi connectivity index (χ4v) is 6.04. The van der Waals surface area contributed by atoms with Gasteiger partial charge in [-0.15, -0.1) is 0 Å². The van der Waals surface area contributed by atoms with Crippen LogP contribution in [0.1, 0.15) is 29.9 Å². The molecule has 6 rings (SSSR count). The highest BCUT2D eigenvalue weighted by Crippen LogP contribution is 2.31. The molecule has 0 aliphatic carbocycles. The molecular formula is C32H24ClN3O3S. The number of benzene rings is 3. The number of aromatic nitrogens is 1. The number of para-hydroxylation sites is 1. The highest BCUT2D eigenvalue weighted by molar-refractivity contribution is 7.07. The Morgan fingerprint density at radius 3 is 2.55 bits per heavy atom. The van der Waals surface area contributed by atoms with E-state index in [2.05, 4.69) is 5.32 Å². The van der Waals surface area contributed by atoms with E-state index >= 15 is 0 Å². The summed E-state index contributed by atoms with van der Waals surface area (Å²) in [6.45, 7) is 3.75. The van der Waals surface area contributed by atoms with Gasteiger partial charge < -0.3 is 9.73 Å². The SMILES string of the molecule is CC1=C(C(=O)Nc2ccccc2C)[C@H](c2ccccc2)n2c(sc(=Cc3ccc(-c4cccc(Cl)c4)o3)c2=O)=N1. The second-order valence-electron chi connectivity index (χ2n) is 9.47. The zero-order valence-electron chi connectivity index (χ0n) is 21.7. The highest BCUT2D eigenvalue weighted by Gasteiger charge is 2.32. The molecule has 1 aliphatic rings. The zero-order valence-corrected chi connectivity index (χ0v) is 23.3. The molecule has 1 atom stereocenters. The van der Waals surface area contributed by atoms with Gasteiger partial charge in [-0.1, -0.05) is 83.6 Å². The van der Waals surface area contributed by atoms with Crippen molar-refractivity contribution in [3.05, 3.63) is 144 Å². The summed E-state index contributed by atoms with van der Waals surface area (Å²) in [5.74, 6) is 0.885. The van der Waals surface area contributed by atoms with Crippen LogP contribution in [-0.2, 0) is 4.79 Å². The number of fused-ring (bicyclic) bond motifs is 1. The lowest BCUT2D eigenvalue weighted by Crippen LogP contribution is -2.40. The van der Waals surface area contributed by atoms with Crippen LogP contribution in [0.4, 0.5) is 5.69 Å². The van der Waals surface area contributed by atoms with E-state index in [1.165, 1.54) is 11.3 Å². The van der Waals surface area contributed by atoms with E-state index in [9.17, 15) is 9.59 Å². The average molecular weight is 566 g/mol. The number of nitrogens with one attached hydrogen (secondary N) is 1. The third-order valence-corrected chi connectivity index (χ3v) is 8.00. The van der Waals surface area contributed by atoms with Gasteiger partial charge in [-0.25, -0.2) is 4.99 Å². The number of amides is 1. The second kappa shape index (κ2) is 10.6. The number of allylic oxidation sites excluding steroid dienone is 1. The van der Waals surface area contributed by atoms with E-state index < -0.39 is 6.04 Å². The number of aryl methyl sites for hydroxylation is 1. The first-order chi connectivity index (χ1) is 19.4. The molecule has 2 aromatic heterocycles. The standard InChI is InChI=1S/C32H24ClN3O3S/c1-19-9-6-7-14-25(19)35-30(37)28-20(2)34-32-36(29(28)21-10-4-3-5-11-21)31(38)27(40-32)18-24-15-16-26(39-24)22-12-8-13-23(33)17-22/h3-18,29H,1-2H3,(H,35,37)/t29-/m0/s1. The molecule has 40 heavy (non-hydrogen) atoms. The third-order valence-electron chi connectivity index (χ3n) is 6.78. The van der Waals surface area contributed by atoms with Crippen molar-refractivity contribution in [2.24, 2.45) is 4.99 Å². The molecule has 5 aromatic rings. The molecule has 1 N–H and O–H groups in total. The molecule has 0 radical (unpaired) electrons. The monoisotopic (exact) mass is 565 g/mol. The Kier molecular flexibility index (Phi) is 6.84. The normalized spacial score (nSPS) is 15.1. The minimum atomic E-state index is -0.637. The van der Waals surface area contributed by atoms with Crippen LogP contribution >= 0.6 is 22.9 Å². The van der Waals surface area contributed by atoms with Crippen LogP contribution in [0.2, 0.25) is 5.02 Å². The molecule has 198 valence electrons. The second-order valence-corrected chi connectivity index (χ2v) is 10.9. The van der Waals surface area contributed by atoms with Gasteiger partial charge in [-0.3, -0.25) is 14.2 Å². The average Bonchev–Trinajstić information content (AvgIpc) is 3.54. The number of carbonyl (C=O) groups is 1. The smallest absolute Gasteiger partial charge is 0.271 e. The molecular weight excluding hydrogens is 542 g/mol. The number of rotatable bonds is 5. The zero-order chi connectivity index (χ0) is 27.8. The predicted octanol–water partition coefficient (Wildman–Crippen LogP) is 6.10. The summed E-state index contributed by atoms with van der Waals surface area (Å²) in [5.41, 5.74) is 4.07. The Morgan fingerprint density at radius 2 is 1.77 bits per heavy atom. The summed E-state index contributed by atoms with van der Waals surface area (Å²) in [7, 11) is 0. The predicted molar refractivity (Wildman–Crippen MR) is 159 cm³/mol. The Morgan fingerprint density at radius 1 is 1.00 bits per heavy atom. The lowest BCUT2D eigenvalue weighted by molar-refractivity contribution is -0.113. The Bertz CT molecular complexity index is 1970. The largest absolute Gasteiger partial charge is 0.457 e. The maximum absolute atomic E-state index is 13.9. The van der Waals surface area contributed by atoms with Gasteiger partial charge in [0.15, 0.2) is 4.80 Å². The minimum absolute atomic E-state index is 0.244. The highest BCUT2D eigenvalue weighted by atomic mass is 35.5. The van der Waals surface area contributed by atoms with Crippen LogP contribution in [-0.4, -0.2) is 10.5 Å². The van der Waals surface area contributed by atoms with Crippen LogP contribution < -0.4 is 20.2 Å². The number of carbonyl (C=O) groups excluding carboxylic acids is 1. The fraction of sp³-hybridized carbons (Fsp3) is 0.0938. The number of thiazole rings is 1. The summed E-state index contributed by atoms with van der Waals surface area (Å²) >= 11 is 7.41. The number of nitrogens with zero attached hydrogens (tertiary/aromatic N) is 2. The quantitative estimate of drug-likeness (QED) is 0.280. The first kappa shape index (κ1) is 25.8. The maximum Gasteiger partial charge on any atom is 0.271 e. The molecule has 0 fully saturated rings.